The summed E-state index contributed by atoms with van der Waals surface area (Å²) in [5.74, 6) is -0.566. The van der Waals surface area contributed by atoms with Crippen LogP contribution in [0.3, 0.4) is 0 Å². The Kier molecular flexibility index (Phi) is 5.25. The van der Waals surface area contributed by atoms with E-state index in [1.807, 2.05) is 17.5 Å². The number of carbonyl (C=O) groups is 2. The fraction of sp³-hybridized carbons (Fsp3) is 0.389. The largest absolute Gasteiger partial charge is 0.459 e. The highest BCUT2D eigenvalue weighted by molar-refractivity contribution is 7.15. The number of aromatic nitrogens is 1. The number of anilines is 1. The Labute approximate surface area is 145 Å². The molecule has 5 nitrogen and oxygen atoms in total. The fourth-order valence-electron chi connectivity index (χ4n) is 2.95. The average molecular weight is 344 g/mol. The van der Waals surface area contributed by atoms with E-state index >= 15 is 0 Å². The number of carbonyl (C=O) groups excluding carboxylic acids is 2. The van der Waals surface area contributed by atoms with Crippen LogP contribution in [0.25, 0.3) is 11.1 Å². The molecule has 0 saturated heterocycles. The predicted molar refractivity (Wildman–Crippen MR) is 94.1 cm³/mol. The smallest absolute Gasteiger partial charge is 0.342 e. The first-order valence-electron chi connectivity index (χ1n) is 8.15. The molecule has 24 heavy (non-hydrogen) atoms. The number of esters is 1. The van der Waals surface area contributed by atoms with Gasteiger partial charge in [-0.05, 0) is 43.4 Å². The number of amides is 1. The molecule has 1 aliphatic rings. The molecule has 1 saturated carbocycles. The second kappa shape index (κ2) is 7.57. The van der Waals surface area contributed by atoms with Gasteiger partial charge in [0.25, 0.3) is 0 Å². The molecule has 126 valence electrons. The van der Waals surface area contributed by atoms with Gasteiger partial charge in [0, 0.05) is 30.3 Å². The van der Waals surface area contributed by atoms with E-state index in [0.29, 0.717) is 10.6 Å². The lowest BCUT2D eigenvalue weighted by Crippen LogP contribution is -2.22. The molecule has 0 spiro atoms. The highest BCUT2D eigenvalue weighted by Crippen LogP contribution is 2.36. The van der Waals surface area contributed by atoms with Crippen LogP contribution < -0.4 is 5.32 Å². The summed E-state index contributed by atoms with van der Waals surface area (Å²) in [4.78, 5) is 28.3. The van der Waals surface area contributed by atoms with Crippen LogP contribution in [-0.4, -0.2) is 23.0 Å². The van der Waals surface area contributed by atoms with E-state index in [1.165, 1.54) is 24.7 Å². The van der Waals surface area contributed by atoms with E-state index in [4.69, 9.17) is 4.74 Å². The first-order valence-corrected chi connectivity index (χ1v) is 9.03. The number of nitrogens with one attached hydrogen (secondary N) is 1. The van der Waals surface area contributed by atoms with Crippen molar-refractivity contribution in [1.29, 1.82) is 0 Å². The topological polar surface area (TPSA) is 68.3 Å². The third kappa shape index (κ3) is 3.82. The zero-order chi connectivity index (χ0) is 16.9. The fourth-order valence-corrected chi connectivity index (χ4v) is 3.95. The van der Waals surface area contributed by atoms with Gasteiger partial charge < -0.3 is 10.1 Å². The molecule has 0 atom stereocenters. The Balaban J connectivity index is 1.91. The van der Waals surface area contributed by atoms with Crippen molar-refractivity contribution in [3.05, 3.63) is 35.5 Å². The first-order chi connectivity index (χ1) is 11.6. The predicted octanol–water partition coefficient (Wildman–Crippen LogP) is 4.26. The highest BCUT2D eigenvalue weighted by atomic mass is 32.1. The van der Waals surface area contributed by atoms with Crippen molar-refractivity contribution in [2.45, 2.75) is 45.1 Å². The molecule has 1 aliphatic carbocycles. The molecule has 0 unspecified atom stereocenters. The third-order valence-corrected chi connectivity index (χ3v) is 5.00. The van der Waals surface area contributed by atoms with Gasteiger partial charge in [0.05, 0.1) is 0 Å². The number of thiophene rings is 1. The Morgan fingerprint density at radius 1 is 1.21 bits per heavy atom. The van der Waals surface area contributed by atoms with E-state index in [0.717, 1.165) is 36.8 Å². The molecule has 0 aromatic carbocycles. The summed E-state index contributed by atoms with van der Waals surface area (Å²) >= 11 is 1.34. The molecule has 3 rings (SSSR count). The molecule has 0 aliphatic heterocycles. The SMILES string of the molecule is CC(=O)Nc1scc(-c2ccncc2)c1C(=O)OC1CCCCC1. The Morgan fingerprint density at radius 3 is 2.58 bits per heavy atom. The second-order valence-electron chi connectivity index (χ2n) is 5.94. The number of nitrogens with zero attached hydrogens (tertiary/aromatic N) is 1. The minimum atomic E-state index is -0.362. The van der Waals surface area contributed by atoms with Crippen LogP contribution >= 0.6 is 11.3 Å². The van der Waals surface area contributed by atoms with Crippen molar-refractivity contribution in [3.63, 3.8) is 0 Å². The number of hydrogen-bond donors (Lipinski definition) is 1. The molecular weight excluding hydrogens is 324 g/mol. The van der Waals surface area contributed by atoms with E-state index in [-0.39, 0.29) is 18.0 Å². The van der Waals surface area contributed by atoms with Crippen LogP contribution in [0.5, 0.6) is 0 Å². The maximum Gasteiger partial charge on any atom is 0.342 e. The van der Waals surface area contributed by atoms with E-state index in [9.17, 15) is 9.59 Å². The maximum absolute atomic E-state index is 12.8. The number of pyridine rings is 1. The van der Waals surface area contributed by atoms with Crippen LogP contribution in [0.2, 0.25) is 0 Å². The van der Waals surface area contributed by atoms with Gasteiger partial charge >= 0.3 is 5.97 Å². The summed E-state index contributed by atoms with van der Waals surface area (Å²) in [5.41, 5.74) is 2.09. The third-order valence-electron chi connectivity index (χ3n) is 4.10. The van der Waals surface area contributed by atoms with Gasteiger partial charge in [0.1, 0.15) is 16.7 Å². The number of rotatable bonds is 4. The second-order valence-corrected chi connectivity index (χ2v) is 6.82. The lowest BCUT2D eigenvalue weighted by molar-refractivity contribution is -0.114. The van der Waals surface area contributed by atoms with Gasteiger partial charge in [-0.15, -0.1) is 11.3 Å². The zero-order valence-electron chi connectivity index (χ0n) is 13.6. The molecule has 6 heteroatoms. The molecule has 1 N–H and O–H groups in total. The van der Waals surface area contributed by atoms with Crippen molar-refractivity contribution < 1.29 is 14.3 Å². The van der Waals surface area contributed by atoms with Crippen LogP contribution in [0.1, 0.15) is 49.4 Å². The minimum Gasteiger partial charge on any atom is -0.459 e. The zero-order valence-corrected chi connectivity index (χ0v) is 14.4. The van der Waals surface area contributed by atoms with Gasteiger partial charge in [0.15, 0.2) is 0 Å². The van der Waals surface area contributed by atoms with Gasteiger partial charge in [-0.1, -0.05) is 6.42 Å². The summed E-state index contributed by atoms with van der Waals surface area (Å²) in [6.07, 6.45) is 8.55. The summed E-state index contributed by atoms with van der Waals surface area (Å²) in [6, 6.07) is 3.69. The molecule has 0 radical (unpaired) electrons. The average Bonchev–Trinajstić information content (AvgIpc) is 2.99. The molecule has 2 heterocycles. The quantitative estimate of drug-likeness (QED) is 0.842. The summed E-state index contributed by atoms with van der Waals surface area (Å²) < 4.78 is 5.72. The van der Waals surface area contributed by atoms with E-state index in [1.54, 1.807) is 12.4 Å². The molecule has 2 aromatic rings. The Bertz CT molecular complexity index is 721. The Hall–Kier alpha value is -2.21. The summed E-state index contributed by atoms with van der Waals surface area (Å²) in [5, 5.41) is 5.16. The Morgan fingerprint density at radius 2 is 1.92 bits per heavy atom. The highest BCUT2D eigenvalue weighted by Gasteiger charge is 2.25. The number of hydrogen-bond acceptors (Lipinski definition) is 5. The van der Waals surface area contributed by atoms with Crippen molar-refractivity contribution in [2.24, 2.45) is 0 Å². The van der Waals surface area contributed by atoms with Crippen LogP contribution in [-0.2, 0) is 9.53 Å². The maximum atomic E-state index is 12.8. The minimum absolute atomic E-state index is 0.0263. The molecule has 1 fully saturated rings. The van der Waals surface area contributed by atoms with Crippen LogP contribution in [0, 0.1) is 0 Å². The van der Waals surface area contributed by atoms with E-state index < -0.39 is 0 Å². The standard InChI is InChI=1S/C18H20N2O3S/c1-12(21)20-17-16(18(22)23-14-5-3-2-4-6-14)15(11-24-17)13-7-9-19-10-8-13/h7-11,14H,2-6H2,1H3,(H,20,21). The van der Waals surface area contributed by atoms with Crippen LogP contribution in [0.15, 0.2) is 29.9 Å². The van der Waals surface area contributed by atoms with Crippen LogP contribution in [0.4, 0.5) is 5.00 Å². The van der Waals surface area contributed by atoms with Gasteiger partial charge in [-0.25, -0.2) is 4.79 Å². The molecule has 2 aromatic heterocycles. The first kappa shape index (κ1) is 16.6. The molecule has 0 bridgehead atoms. The van der Waals surface area contributed by atoms with Gasteiger partial charge in [-0.3, -0.25) is 9.78 Å². The summed E-state index contributed by atoms with van der Waals surface area (Å²) in [7, 11) is 0. The normalized spacial score (nSPS) is 15.0. The van der Waals surface area contributed by atoms with Crippen molar-refractivity contribution >= 4 is 28.2 Å². The molecular formula is C18H20N2O3S. The lowest BCUT2D eigenvalue weighted by Gasteiger charge is -2.22. The van der Waals surface area contributed by atoms with Crippen molar-refractivity contribution in [1.82, 2.24) is 4.98 Å². The number of ether oxygens (including phenoxy) is 1. The van der Waals surface area contributed by atoms with Gasteiger partial charge in [-0.2, -0.15) is 0 Å². The van der Waals surface area contributed by atoms with Crippen molar-refractivity contribution in [2.75, 3.05) is 5.32 Å². The lowest BCUT2D eigenvalue weighted by atomic mass is 9.97. The summed E-state index contributed by atoms with van der Waals surface area (Å²) in [6.45, 7) is 1.43. The molecule has 1 amide bonds. The van der Waals surface area contributed by atoms with Crippen molar-refractivity contribution in [3.8, 4) is 11.1 Å². The van der Waals surface area contributed by atoms with E-state index in [2.05, 4.69) is 10.3 Å². The van der Waals surface area contributed by atoms with Gasteiger partial charge in [0.2, 0.25) is 5.91 Å². The monoisotopic (exact) mass is 344 g/mol.